The van der Waals surface area contributed by atoms with Gasteiger partial charge < -0.3 is 5.32 Å². The van der Waals surface area contributed by atoms with Crippen LogP contribution in [0.3, 0.4) is 0 Å². The lowest BCUT2D eigenvalue weighted by molar-refractivity contribution is -0.127. The predicted octanol–water partition coefficient (Wildman–Crippen LogP) is 6.47. The van der Waals surface area contributed by atoms with Gasteiger partial charge in [0.2, 0.25) is 0 Å². The van der Waals surface area contributed by atoms with Crippen LogP contribution in [0.4, 0.5) is 5.69 Å². The van der Waals surface area contributed by atoms with Crippen molar-refractivity contribution in [1.82, 2.24) is 4.90 Å². The van der Waals surface area contributed by atoms with Crippen LogP contribution in [-0.2, 0) is 10.2 Å². The number of carbonyl (C=O) groups excluding carboxylic acids is 1. The number of Topliss-reactive ketones (excluding diaryl/α,β-unsaturated/α-hetero) is 1. The summed E-state index contributed by atoms with van der Waals surface area (Å²) in [6.45, 7) is 15.1. The summed E-state index contributed by atoms with van der Waals surface area (Å²) in [4.78, 5) is 15.7. The highest BCUT2D eigenvalue weighted by Gasteiger charge is 2.58. The first-order chi connectivity index (χ1) is 14.2. The van der Waals surface area contributed by atoms with Gasteiger partial charge in [-0.1, -0.05) is 55.3 Å². The number of nitrogens with zero attached hydrogens (tertiary/aromatic N) is 1. The lowest BCUT2D eigenvalue weighted by Gasteiger charge is -2.36. The van der Waals surface area contributed by atoms with Gasteiger partial charge in [-0.25, -0.2) is 0 Å². The van der Waals surface area contributed by atoms with Gasteiger partial charge in [-0.2, -0.15) is 0 Å². The monoisotopic (exact) mass is 408 g/mol. The van der Waals surface area contributed by atoms with Gasteiger partial charge in [-0.05, 0) is 71.9 Å². The zero-order valence-electron chi connectivity index (χ0n) is 20.0. The molecule has 164 valence electrons. The van der Waals surface area contributed by atoms with Gasteiger partial charge in [0.15, 0.2) is 5.78 Å². The Labute approximate surface area is 183 Å². The van der Waals surface area contributed by atoms with Crippen LogP contribution in [-0.4, -0.2) is 28.9 Å². The maximum absolute atomic E-state index is 13.2. The van der Waals surface area contributed by atoms with Crippen molar-refractivity contribution in [3.05, 3.63) is 53.1 Å². The Kier molecular flexibility index (Phi) is 6.91. The van der Waals surface area contributed by atoms with Crippen molar-refractivity contribution < 1.29 is 4.79 Å². The molecule has 0 radical (unpaired) electrons. The van der Waals surface area contributed by atoms with Gasteiger partial charge in [0.1, 0.15) is 0 Å². The first-order valence-corrected chi connectivity index (χ1v) is 11.6. The average Bonchev–Trinajstić information content (AvgIpc) is 3.16. The Morgan fingerprint density at radius 2 is 1.87 bits per heavy atom. The lowest BCUT2D eigenvalue weighted by atomic mass is 9.74. The normalized spacial score (nSPS) is 26.0. The number of benzene rings is 1. The van der Waals surface area contributed by atoms with Crippen molar-refractivity contribution >= 4 is 11.5 Å². The Morgan fingerprint density at radius 3 is 2.50 bits per heavy atom. The molecule has 0 bridgehead atoms. The van der Waals surface area contributed by atoms with Crippen LogP contribution in [0, 0.1) is 5.92 Å². The number of anilines is 1. The number of likely N-dealkylation sites (tertiary alicyclic amines) is 1. The van der Waals surface area contributed by atoms with Crippen molar-refractivity contribution in [2.75, 3.05) is 5.32 Å². The van der Waals surface area contributed by atoms with E-state index in [-0.39, 0.29) is 23.5 Å². The highest BCUT2D eigenvalue weighted by Crippen LogP contribution is 2.54. The quantitative estimate of drug-likeness (QED) is 0.501. The summed E-state index contributed by atoms with van der Waals surface area (Å²) in [5, 5.41) is 3.81. The fraction of sp³-hybridized carbons (Fsp3) is 0.593. The van der Waals surface area contributed by atoms with Gasteiger partial charge >= 0.3 is 0 Å². The Bertz CT molecular complexity index is 831. The topological polar surface area (TPSA) is 32.3 Å². The summed E-state index contributed by atoms with van der Waals surface area (Å²) in [6.07, 6.45) is 9.01. The first-order valence-electron chi connectivity index (χ1n) is 11.6. The molecule has 3 rings (SSSR count). The smallest absolute Gasteiger partial charge is 0.152 e. The predicted molar refractivity (Wildman–Crippen MR) is 128 cm³/mol. The van der Waals surface area contributed by atoms with E-state index in [1.165, 1.54) is 22.4 Å². The van der Waals surface area contributed by atoms with Gasteiger partial charge in [-0.3, -0.25) is 9.69 Å². The third-order valence-electron chi connectivity index (χ3n) is 6.89. The molecule has 1 fully saturated rings. The fourth-order valence-corrected chi connectivity index (χ4v) is 5.33. The van der Waals surface area contributed by atoms with Crippen molar-refractivity contribution in [3.8, 4) is 0 Å². The summed E-state index contributed by atoms with van der Waals surface area (Å²) in [5.74, 6) is 0.435. The summed E-state index contributed by atoms with van der Waals surface area (Å²) in [7, 11) is 0. The second kappa shape index (κ2) is 9.09. The molecule has 0 aromatic heterocycles. The Hall–Kier alpha value is -1.87. The number of fused-ring (bicyclic) bond motifs is 3. The van der Waals surface area contributed by atoms with Crippen LogP contribution in [0.5, 0.6) is 0 Å². The number of para-hydroxylation sites is 1. The molecular weight excluding hydrogens is 368 g/mol. The molecule has 1 aromatic rings. The molecule has 0 saturated carbocycles. The standard InChI is InChI=1S/C27H40N2O/c1-18(2)11-10-12-21(7)15-16-27-17-24(25(30)19(3)4)29(20(5)6)26(27)28-23-14-9-8-13-22(23)27/h8-9,11,13-15,19-20,24,26,28H,10,12,16-17H2,1-7H3/b21-15+. The summed E-state index contributed by atoms with van der Waals surface area (Å²) in [5.41, 5.74) is 5.40. The molecule has 2 aliphatic heterocycles. The molecule has 2 heterocycles. The highest BCUT2D eigenvalue weighted by atomic mass is 16.1. The Balaban J connectivity index is 1.96. The number of allylic oxidation sites excluding steroid dienone is 4. The SMILES string of the molecule is CC(C)=CCC/C(C)=C/CC12CC(C(=O)C(C)C)N(C(C)C)C1Nc1ccccc12. The van der Waals surface area contributed by atoms with Crippen LogP contribution in [0.1, 0.15) is 79.7 Å². The van der Waals surface area contributed by atoms with Gasteiger partial charge in [0.05, 0.1) is 12.2 Å². The molecule has 0 spiro atoms. The Morgan fingerprint density at radius 1 is 1.17 bits per heavy atom. The van der Waals surface area contributed by atoms with E-state index < -0.39 is 0 Å². The van der Waals surface area contributed by atoms with Crippen molar-refractivity contribution in [2.45, 2.75) is 97.8 Å². The number of carbonyl (C=O) groups is 1. The minimum absolute atomic E-state index is 0.0183. The van der Waals surface area contributed by atoms with Crippen LogP contribution in [0.15, 0.2) is 47.6 Å². The van der Waals surface area contributed by atoms with Crippen LogP contribution < -0.4 is 5.32 Å². The van der Waals surface area contributed by atoms with Gasteiger partial charge in [0, 0.05) is 23.1 Å². The molecule has 2 aliphatic rings. The molecule has 0 amide bonds. The third kappa shape index (κ3) is 4.27. The number of rotatable bonds is 8. The van der Waals surface area contributed by atoms with E-state index in [0.29, 0.717) is 11.8 Å². The van der Waals surface area contributed by atoms with E-state index in [1.54, 1.807) is 0 Å². The van der Waals surface area contributed by atoms with Crippen LogP contribution >= 0.6 is 0 Å². The van der Waals surface area contributed by atoms with Crippen LogP contribution in [0.2, 0.25) is 0 Å². The van der Waals surface area contributed by atoms with E-state index >= 15 is 0 Å². The highest BCUT2D eigenvalue weighted by molar-refractivity contribution is 5.87. The zero-order valence-corrected chi connectivity index (χ0v) is 20.0. The molecule has 3 heteroatoms. The second-order valence-electron chi connectivity index (χ2n) is 10.1. The number of hydrogen-bond donors (Lipinski definition) is 1. The molecule has 1 N–H and O–H groups in total. The van der Waals surface area contributed by atoms with Gasteiger partial charge in [0.25, 0.3) is 0 Å². The minimum Gasteiger partial charge on any atom is -0.369 e. The largest absolute Gasteiger partial charge is 0.369 e. The molecule has 1 aromatic carbocycles. The maximum atomic E-state index is 13.2. The van der Waals surface area contributed by atoms with Crippen molar-refractivity contribution in [2.24, 2.45) is 5.92 Å². The molecular formula is C27H40N2O. The third-order valence-corrected chi connectivity index (χ3v) is 6.89. The fourth-order valence-electron chi connectivity index (χ4n) is 5.33. The van der Waals surface area contributed by atoms with E-state index in [1.807, 2.05) is 13.8 Å². The van der Waals surface area contributed by atoms with Crippen LogP contribution in [0.25, 0.3) is 0 Å². The molecule has 3 atom stereocenters. The van der Waals surface area contributed by atoms with E-state index in [4.69, 9.17) is 0 Å². The molecule has 0 aliphatic carbocycles. The van der Waals surface area contributed by atoms with Gasteiger partial charge in [-0.15, -0.1) is 0 Å². The van der Waals surface area contributed by atoms with Crippen molar-refractivity contribution in [1.29, 1.82) is 0 Å². The molecule has 3 unspecified atom stereocenters. The lowest BCUT2D eigenvalue weighted by Crippen LogP contribution is -2.50. The second-order valence-corrected chi connectivity index (χ2v) is 10.1. The van der Waals surface area contributed by atoms with E-state index in [9.17, 15) is 4.79 Å². The zero-order chi connectivity index (χ0) is 22.1. The number of nitrogens with one attached hydrogen (secondary N) is 1. The molecule has 1 saturated heterocycles. The maximum Gasteiger partial charge on any atom is 0.152 e. The number of hydrogen-bond acceptors (Lipinski definition) is 3. The summed E-state index contributed by atoms with van der Waals surface area (Å²) in [6, 6.07) is 9.02. The van der Waals surface area contributed by atoms with Crippen molar-refractivity contribution in [3.63, 3.8) is 0 Å². The van der Waals surface area contributed by atoms with E-state index in [2.05, 4.69) is 81.3 Å². The average molecular weight is 409 g/mol. The number of ketones is 1. The van der Waals surface area contributed by atoms with E-state index in [0.717, 1.165) is 25.7 Å². The first kappa shape index (κ1) is 22.8. The minimum atomic E-state index is -0.0478. The molecule has 30 heavy (non-hydrogen) atoms. The molecule has 3 nitrogen and oxygen atoms in total. The summed E-state index contributed by atoms with van der Waals surface area (Å²) >= 11 is 0. The summed E-state index contributed by atoms with van der Waals surface area (Å²) < 4.78 is 0.